The zero-order valence-corrected chi connectivity index (χ0v) is 11.3. The Balaban J connectivity index is 2.14. The number of hydrogen-bond acceptors (Lipinski definition) is 2. The lowest BCUT2D eigenvalue weighted by Crippen LogP contribution is -2.03. The van der Waals surface area contributed by atoms with Crippen molar-refractivity contribution in [1.82, 2.24) is 0 Å². The summed E-state index contributed by atoms with van der Waals surface area (Å²) < 4.78 is 13.4. The van der Waals surface area contributed by atoms with Gasteiger partial charge in [0, 0.05) is 21.7 Å². The van der Waals surface area contributed by atoms with E-state index in [1.165, 1.54) is 10.9 Å². The van der Waals surface area contributed by atoms with Crippen LogP contribution in [0.15, 0.2) is 30.3 Å². The number of benzene rings is 1. The van der Waals surface area contributed by atoms with Gasteiger partial charge in [0.25, 0.3) is 0 Å². The number of thiophene rings is 1. The number of ketones is 1. The lowest BCUT2D eigenvalue weighted by molar-refractivity contribution is 0.0993. The van der Waals surface area contributed by atoms with E-state index < -0.39 is 0 Å². The Morgan fingerprint density at radius 2 is 1.94 bits per heavy atom. The third-order valence-electron chi connectivity index (χ3n) is 2.89. The third-order valence-corrected chi connectivity index (χ3v) is 4.12. The lowest BCUT2D eigenvalue weighted by atomic mass is 10.1. The van der Waals surface area contributed by atoms with Crippen molar-refractivity contribution in [2.45, 2.75) is 26.7 Å². The molecule has 1 nitrogen and oxygen atoms in total. The molecule has 0 aliphatic rings. The Morgan fingerprint density at radius 1 is 1.22 bits per heavy atom. The average Bonchev–Trinajstić information content (AvgIpc) is 2.80. The molecule has 0 saturated heterocycles. The van der Waals surface area contributed by atoms with E-state index in [1.807, 2.05) is 12.1 Å². The van der Waals surface area contributed by atoms with Crippen LogP contribution in [0.3, 0.4) is 0 Å². The van der Waals surface area contributed by atoms with Crippen molar-refractivity contribution in [3.8, 4) is 0 Å². The molecule has 18 heavy (non-hydrogen) atoms. The van der Waals surface area contributed by atoms with Gasteiger partial charge in [-0.2, -0.15) is 0 Å². The standard InChI is InChI=1S/C15H15FOS/c1-3-12-6-7-13(18-12)9-15(17)11-5-4-10(2)14(16)8-11/h4-8H,3,9H2,1-2H3. The molecular formula is C15H15FOS. The van der Waals surface area contributed by atoms with Crippen LogP contribution in [0.5, 0.6) is 0 Å². The summed E-state index contributed by atoms with van der Waals surface area (Å²) in [6.45, 7) is 3.78. The van der Waals surface area contributed by atoms with Crippen molar-refractivity contribution >= 4 is 17.1 Å². The maximum atomic E-state index is 13.4. The summed E-state index contributed by atoms with van der Waals surface area (Å²) in [6, 6.07) is 8.69. The summed E-state index contributed by atoms with van der Waals surface area (Å²) in [5.74, 6) is -0.348. The van der Waals surface area contributed by atoms with Gasteiger partial charge in [-0.1, -0.05) is 19.1 Å². The van der Waals surface area contributed by atoms with Gasteiger partial charge >= 0.3 is 0 Å². The molecule has 3 heteroatoms. The number of carbonyl (C=O) groups excluding carboxylic acids is 1. The van der Waals surface area contributed by atoms with Crippen molar-refractivity contribution in [2.24, 2.45) is 0 Å². The molecule has 2 aromatic rings. The maximum Gasteiger partial charge on any atom is 0.168 e. The van der Waals surface area contributed by atoms with E-state index in [2.05, 4.69) is 6.92 Å². The highest BCUT2D eigenvalue weighted by Crippen LogP contribution is 2.19. The fourth-order valence-electron chi connectivity index (χ4n) is 1.73. The predicted molar refractivity (Wildman–Crippen MR) is 72.9 cm³/mol. The third kappa shape index (κ3) is 2.85. The SMILES string of the molecule is CCc1ccc(CC(=O)c2ccc(C)c(F)c2)s1. The molecule has 0 spiro atoms. The second-order valence-electron chi connectivity index (χ2n) is 4.29. The van der Waals surface area contributed by atoms with Gasteiger partial charge in [-0.3, -0.25) is 4.79 Å². The summed E-state index contributed by atoms with van der Waals surface area (Å²) in [6.07, 6.45) is 1.34. The van der Waals surface area contributed by atoms with Gasteiger partial charge in [0.05, 0.1) is 0 Å². The zero-order valence-electron chi connectivity index (χ0n) is 10.5. The van der Waals surface area contributed by atoms with E-state index in [-0.39, 0.29) is 11.6 Å². The van der Waals surface area contributed by atoms with Crippen molar-refractivity contribution in [1.29, 1.82) is 0 Å². The van der Waals surface area contributed by atoms with Crippen molar-refractivity contribution in [2.75, 3.05) is 0 Å². The average molecular weight is 262 g/mol. The van der Waals surface area contributed by atoms with Crippen LogP contribution in [0, 0.1) is 12.7 Å². The molecule has 0 aliphatic carbocycles. The Hall–Kier alpha value is -1.48. The number of hydrogen-bond donors (Lipinski definition) is 0. The number of halogens is 1. The molecule has 1 aromatic heterocycles. The van der Waals surface area contributed by atoms with E-state index >= 15 is 0 Å². The van der Waals surface area contributed by atoms with E-state index in [1.54, 1.807) is 30.4 Å². The second kappa shape index (κ2) is 5.44. The summed E-state index contributed by atoms with van der Waals surface area (Å²) in [4.78, 5) is 14.3. The second-order valence-corrected chi connectivity index (χ2v) is 5.54. The fourth-order valence-corrected chi connectivity index (χ4v) is 2.69. The molecule has 0 radical (unpaired) electrons. The monoisotopic (exact) mass is 262 g/mol. The largest absolute Gasteiger partial charge is 0.294 e. The highest BCUT2D eigenvalue weighted by atomic mass is 32.1. The first-order valence-corrected chi connectivity index (χ1v) is 6.78. The van der Waals surface area contributed by atoms with Crippen molar-refractivity contribution < 1.29 is 9.18 Å². The zero-order chi connectivity index (χ0) is 13.1. The highest BCUT2D eigenvalue weighted by Gasteiger charge is 2.10. The molecule has 1 aromatic carbocycles. The van der Waals surface area contributed by atoms with Crippen LogP contribution in [0.4, 0.5) is 4.39 Å². The first kappa shape index (κ1) is 13.0. The minimum Gasteiger partial charge on any atom is -0.294 e. The Kier molecular flexibility index (Phi) is 3.92. The smallest absolute Gasteiger partial charge is 0.168 e. The van der Waals surface area contributed by atoms with Crippen molar-refractivity contribution in [3.63, 3.8) is 0 Å². The molecule has 0 atom stereocenters. The van der Waals surface area contributed by atoms with Gasteiger partial charge in [-0.05, 0) is 37.1 Å². The first-order valence-electron chi connectivity index (χ1n) is 5.97. The minimum absolute atomic E-state index is 0.0293. The van der Waals surface area contributed by atoms with Gasteiger partial charge in [0.15, 0.2) is 5.78 Å². The van der Waals surface area contributed by atoms with Gasteiger partial charge in [0.1, 0.15) is 5.82 Å². The molecule has 2 rings (SSSR count). The molecule has 1 heterocycles. The van der Waals surface area contributed by atoms with Gasteiger partial charge in [-0.15, -0.1) is 11.3 Å². The molecule has 0 bridgehead atoms. The van der Waals surface area contributed by atoms with Crippen LogP contribution in [0.25, 0.3) is 0 Å². The first-order chi connectivity index (χ1) is 8.60. The molecule has 94 valence electrons. The molecular weight excluding hydrogens is 247 g/mol. The Labute approximate surface area is 110 Å². The molecule has 0 saturated carbocycles. The number of aryl methyl sites for hydroxylation is 2. The van der Waals surface area contributed by atoms with Crippen LogP contribution in [-0.4, -0.2) is 5.78 Å². The fraction of sp³-hybridized carbons (Fsp3) is 0.267. The topological polar surface area (TPSA) is 17.1 Å². The number of rotatable bonds is 4. The minimum atomic E-state index is -0.318. The van der Waals surface area contributed by atoms with E-state index in [4.69, 9.17) is 0 Å². The number of carbonyl (C=O) groups is 1. The molecule has 0 N–H and O–H groups in total. The van der Waals surface area contributed by atoms with E-state index in [9.17, 15) is 9.18 Å². The van der Waals surface area contributed by atoms with Crippen LogP contribution in [-0.2, 0) is 12.8 Å². The summed E-state index contributed by atoms with van der Waals surface area (Å²) in [5.41, 5.74) is 1.01. The van der Waals surface area contributed by atoms with Gasteiger partial charge in [-0.25, -0.2) is 4.39 Å². The normalized spacial score (nSPS) is 10.6. The van der Waals surface area contributed by atoms with Crippen LogP contribution >= 0.6 is 11.3 Å². The summed E-state index contributed by atoms with van der Waals surface area (Å²) >= 11 is 1.65. The molecule has 0 amide bonds. The predicted octanol–water partition coefficient (Wildman–Crippen LogP) is 4.18. The van der Waals surface area contributed by atoms with E-state index in [0.717, 1.165) is 11.3 Å². The Morgan fingerprint density at radius 3 is 2.56 bits per heavy atom. The quantitative estimate of drug-likeness (QED) is 0.755. The molecule has 0 unspecified atom stereocenters. The highest BCUT2D eigenvalue weighted by molar-refractivity contribution is 7.12. The van der Waals surface area contributed by atoms with Crippen LogP contribution in [0.1, 0.15) is 32.6 Å². The van der Waals surface area contributed by atoms with Crippen molar-refractivity contribution in [3.05, 3.63) is 57.0 Å². The van der Waals surface area contributed by atoms with E-state index in [0.29, 0.717) is 17.5 Å². The molecule has 0 aliphatic heterocycles. The van der Waals surface area contributed by atoms with Crippen LogP contribution in [0.2, 0.25) is 0 Å². The summed E-state index contributed by atoms with van der Waals surface area (Å²) in [7, 11) is 0. The lowest BCUT2D eigenvalue weighted by Gasteiger charge is -2.01. The van der Waals surface area contributed by atoms with Gasteiger partial charge < -0.3 is 0 Å². The number of Topliss-reactive ketones (excluding diaryl/α,β-unsaturated/α-hetero) is 1. The summed E-state index contributed by atoms with van der Waals surface area (Å²) in [5, 5.41) is 0. The van der Waals surface area contributed by atoms with Crippen LogP contribution < -0.4 is 0 Å². The molecule has 0 fully saturated rings. The van der Waals surface area contributed by atoms with Gasteiger partial charge in [0.2, 0.25) is 0 Å². The Bertz CT molecular complexity index is 572. The maximum absolute atomic E-state index is 13.4.